The third-order valence-corrected chi connectivity index (χ3v) is 3.59. The average Bonchev–Trinajstić information content (AvgIpc) is 2.31. The quantitative estimate of drug-likeness (QED) is 0.477. The fourth-order valence-corrected chi connectivity index (χ4v) is 2.17. The molecule has 2 unspecified atom stereocenters. The summed E-state index contributed by atoms with van der Waals surface area (Å²) in [6.07, 6.45) is 13.6. The van der Waals surface area contributed by atoms with Crippen molar-refractivity contribution < 1.29 is 0 Å². The van der Waals surface area contributed by atoms with E-state index in [0.29, 0.717) is 0 Å². The molecule has 2 atom stereocenters. The van der Waals surface area contributed by atoms with E-state index in [9.17, 15) is 0 Å². The van der Waals surface area contributed by atoms with Gasteiger partial charge >= 0.3 is 0 Å². The van der Waals surface area contributed by atoms with Gasteiger partial charge in [-0.1, -0.05) is 72.1 Å². The zero-order chi connectivity index (χ0) is 12.2. The molecule has 1 aliphatic rings. The van der Waals surface area contributed by atoms with E-state index in [1.54, 1.807) is 0 Å². The van der Waals surface area contributed by atoms with Gasteiger partial charge in [0.05, 0.1) is 0 Å². The lowest BCUT2D eigenvalue weighted by Crippen LogP contribution is -2.22. The van der Waals surface area contributed by atoms with Crippen molar-refractivity contribution in [3.8, 4) is 0 Å². The molecule has 16 heavy (non-hydrogen) atoms. The molecule has 0 amide bonds. The van der Waals surface area contributed by atoms with Gasteiger partial charge in [-0.15, -0.1) is 0 Å². The van der Waals surface area contributed by atoms with E-state index >= 15 is 0 Å². The van der Waals surface area contributed by atoms with Crippen LogP contribution in [0.5, 0.6) is 0 Å². The highest BCUT2D eigenvalue weighted by Gasteiger charge is 2.24. The minimum Gasteiger partial charge on any atom is -0.0654 e. The third kappa shape index (κ3) is 8.19. The van der Waals surface area contributed by atoms with Crippen LogP contribution >= 0.6 is 0 Å². The molecular formula is C16H32. The molecule has 0 aromatic rings. The Balaban J connectivity index is 0.000000281. The number of rotatable bonds is 7. The highest BCUT2D eigenvalue weighted by molar-refractivity contribution is 4.81. The molecule has 0 bridgehead atoms. The summed E-state index contributed by atoms with van der Waals surface area (Å²) < 4.78 is 0. The topological polar surface area (TPSA) is 0 Å². The van der Waals surface area contributed by atoms with Crippen LogP contribution in [0.15, 0.2) is 0 Å². The van der Waals surface area contributed by atoms with E-state index in [2.05, 4.69) is 27.7 Å². The Morgan fingerprint density at radius 3 is 1.94 bits per heavy atom. The molecule has 0 spiro atoms. The standard InChI is InChI=1S/C8H15.C8H17/c1-3-4-8-6-5-7(8)2;1-3-5-7-8-6-4-2/h7-8H,2-6H2,1H3;1,3-8H2,2H3. The normalized spacial score (nSPS) is 23.2. The predicted octanol–water partition coefficient (Wildman–Crippen LogP) is 5.83. The van der Waals surface area contributed by atoms with Crippen molar-refractivity contribution >= 4 is 0 Å². The first-order chi connectivity index (χ1) is 7.76. The van der Waals surface area contributed by atoms with Crippen LogP contribution in [-0.4, -0.2) is 0 Å². The van der Waals surface area contributed by atoms with Crippen LogP contribution in [0.25, 0.3) is 0 Å². The van der Waals surface area contributed by atoms with Gasteiger partial charge in [0, 0.05) is 0 Å². The molecule has 0 N–H and O–H groups in total. The molecule has 96 valence electrons. The van der Waals surface area contributed by atoms with E-state index < -0.39 is 0 Å². The number of unbranched alkanes of at least 4 members (excludes halogenated alkanes) is 5. The second-order valence-corrected chi connectivity index (χ2v) is 5.15. The van der Waals surface area contributed by atoms with Crippen molar-refractivity contribution in [2.75, 3.05) is 0 Å². The largest absolute Gasteiger partial charge is 0.0654 e. The zero-order valence-corrected chi connectivity index (χ0v) is 11.6. The Labute approximate surface area is 104 Å². The minimum absolute atomic E-state index is 0.801. The van der Waals surface area contributed by atoms with Crippen LogP contribution in [0.3, 0.4) is 0 Å². The van der Waals surface area contributed by atoms with E-state index in [1.165, 1.54) is 57.8 Å². The van der Waals surface area contributed by atoms with Crippen molar-refractivity contribution in [2.45, 2.75) is 78.1 Å². The van der Waals surface area contributed by atoms with Crippen molar-refractivity contribution in [3.05, 3.63) is 13.8 Å². The molecule has 1 saturated carbocycles. The van der Waals surface area contributed by atoms with Gasteiger partial charge < -0.3 is 0 Å². The Morgan fingerprint density at radius 2 is 1.62 bits per heavy atom. The number of hydrogen-bond donors (Lipinski definition) is 0. The van der Waals surface area contributed by atoms with Crippen LogP contribution in [0.2, 0.25) is 0 Å². The van der Waals surface area contributed by atoms with Crippen molar-refractivity contribution in [3.63, 3.8) is 0 Å². The van der Waals surface area contributed by atoms with Crippen molar-refractivity contribution in [1.82, 2.24) is 0 Å². The molecule has 1 aliphatic carbocycles. The van der Waals surface area contributed by atoms with Gasteiger partial charge in [-0.05, 0) is 31.6 Å². The summed E-state index contributed by atoms with van der Waals surface area (Å²) in [5, 5.41) is 0. The van der Waals surface area contributed by atoms with Gasteiger partial charge in [0.2, 0.25) is 0 Å². The molecule has 1 fully saturated rings. The molecule has 0 heteroatoms. The highest BCUT2D eigenvalue weighted by atomic mass is 14.3. The minimum atomic E-state index is 0.801. The fourth-order valence-electron chi connectivity index (χ4n) is 2.17. The van der Waals surface area contributed by atoms with Gasteiger partial charge in [0.25, 0.3) is 0 Å². The molecule has 0 heterocycles. The van der Waals surface area contributed by atoms with Gasteiger partial charge in [-0.2, -0.15) is 0 Å². The Morgan fingerprint density at radius 1 is 0.938 bits per heavy atom. The molecular weight excluding hydrogens is 192 g/mol. The van der Waals surface area contributed by atoms with Crippen molar-refractivity contribution in [1.29, 1.82) is 0 Å². The maximum Gasteiger partial charge on any atom is -0.0386 e. The van der Waals surface area contributed by atoms with Crippen LogP contribution < -0.4 is 0 Å². The maximum absolute atomic E-state index is 4.04. The SMILES string of the molecule is [CH2]C1CCC1CCC.[CH2]CCCCCCC. The summed E-state index contributed by atoms with van der Waals surface area (Å²) in [4.78, 5) is 0. The van der Waals surface area contributed by atoms with Crippen LogP contribution in [0.1, 0.15) is 78.1 Å². The lowest BCUT2D eigenvalue weighted by Gasteiger charge is -2.33. The van der Waals surface area contributed by atoms with Crippen LogP contribution in [0.4, 0.5) is 0 Å². The van der Waals surface area contributed by atoms with Crippen molar-refractivity contribution in [2.24, 2.45) is 11.8 Å². The maximum atomic E-state index is 4.04. The first kappa shape index (κ1) is 16.0. The highest BCUT2D eigenvalue weighted by Crippen LogP contribution is 2.36. The summed E-state index contributed by atoms with van der Waals surface area (Å²) in [6.45, 7) is 12.3. The first-order valence-electron chi connectivity index (χ1n) is 7.38. The lowest BCUT2D eigenvalue weighted by molar-refractivity contribution is 0.208. The summed E-state index contributed by atoms with van der Waals surface area (Å²) in [5.41, 5.74) is 0. The fraction of sp³-hybridized carbons (Fsp3) is 0.875. The predicted molar refractivity (Wildman–Crippen MR) is 75.2 cm³/mol. The monoisotopic (exact) mass is 224 g/mol. The smallest absolute Gasteiger partial charge is 0.0386 e. The second-order valence-electron chi connectivity index (χ2n) is 5.15. The zero-order valence-electron chi connectivity index (χ0n) is 11.6. The van der Waals surface area contributed by atoms with E-state index in [-0.39, 0.29) is 0 Å². The van der Waals surface area contributed by atoms with Gasteiger partial charge in [0.15, 0.2) is 0 Å². The lowest BCUT2D eigenvalue weighted by atomic mass is 9.73. The van der Waals surface area contributed by atoms with E-state index in [4.69, 9.17) is 0 Å². The Hall–Kier alpha value is 0. The summed E-state index contributed by atoms with van der Waals surface area (Å²) in [7, 11) is 0. The number of hydrogen-bond acceptors (Lipinski definition) is 0. The first-order valence-corrected chi connectivity index (χ1v) is 7.38. The molecule has 0 aromatic heterocycles. The van der Waals surface area contributed by atoms with Gasteiger partial charge in [-0.3, -0.25) is 0 Å². The molecule has 0 nitrogen and oxygen atoms in total. The molecule has 0 saturated heterocycles. The van der Waals surface area contributed by atoms with Crippen LogP contribution in [-0.2, 0) is 0 Å². The third-order valence-electron chi connectivity index (χ3n) is 3.59. The molecule has 0 aliphatic heterocycles. The van der Waals surface area contributed by atoms with E-state index in [0.717, 1.165) is 18.3 Å². The molecule has 2 radical (unpaired) electrons. The Kier molecular flexibility index (Phi) is 11.5. The van der Waals surface area contributed by atoms with Crippen LogP contribution in [0, 0.1) is 25.7 Å². The van der Waals surface area contributed by atoms with Gasteiger partial charge in [-0.25, -0.2) is 0 Å². The summed E-state index contributed by atoms with van der Waals surface area (Å²) in [5.74, 6) is 1.79. The average molecular weight is 224 g/mol. The molecule has 1 rings (SSSR count). The summed E-state index contributed by atoms with van der Waals surface area (Å²) >= 11 is 0. The molecule has 0 aromatic carbocycles. The van der Waals surface area contributed by atoms with E-state index in [1.807, 2.05) is 0 Å². The van der Waals surface area contributed by atoms with Gasteiger partial charge in [0.1, 0.15) is 0 Å². The summed E-state index contributed by atoms with van der Waals surface area (Å²) in [6, 6.07) is 0. The second kappa shape index (κ2) is 11.5. The Bertz CT molecular complexity index is 122.